The number of hydrogen-bond acceptors (Lipinski definition) is 3. The third-order valence-corrected chi connectivity index (χ3v) is 5.82. The van der Waals surface area contributed by atoms with Crippen LogP contribution < -0.4 is 11.2 Å². The fourth-order valence-electron chi connectivity index (χ4n) is 4.09. The van der Waals surface area contributed by atoms with E-state index in [2.05, 4.69) is 0 Å². The Balaban J connectivity index is 2.04. The van der Waals surface area contributed by atoms with Gasteiger partial charge in [0.2, 0.25) is 5.43 Å². The van der Waals surface area contributed by atoms with Gasteiger partial charge in [0.05, 0.1) is 11.1 Å². The standard InChI is InChI=1S/C21H19ClN2O3/c1-2-24-11-14(20(26)27)19(25)13-9-16(17(22)10-18(13)24)21(23)8-7-12-5-3-4-6-15(12)21/h3-6,9-11H,2,7-8,23H2,1H3,(H,26,27). The summed E-state index contributed by atoms with van der Waals surface area (Å²) < 4.78 is 1.72. The van der Waals surface area contributed by atoms with Crippen LogP contribution in [0.1, 0.15) is 40.4 Å². The molecule has 1 heterocycles. The van der Waals surface area contributed by atoms with E-state index < -0.39 is 16.9 Å². The number of aromatic nitrogens is 1. The van der Waals surface area contributed by atoms with Crippen LogP contribution in [0, 0.1) is 0 Å². The molecular weight excluding hydrogens is 364 g/mol. The second-order valence-corrected chi connectivity index (χ2v) is 7.35. The number of aromatic carboxylic acids is 1. The van der Waals surface area contributed by atoms with Crippen molar-refractivity contribution in [3.8, 4) is 0 Å². The minimum Gasteiger partial charge on any atom is -0.477 e. The summed E-state index contributed by atoms with van der Waals surface area (Å²) in [5.74, 6) is -1.24. The molecule has 2 aromatic carbocycles. The van der Waals surface area contributed by atoms with Gasteiger partial charge < -0.3 is 15.4 Å². The zero-order valence-electron chi connectivity index (χ0n) is 14.8. The normalized spacial score (nSPS) is 18.6. The SMILES string of the molecule is CCn1cc(C(=O)O)c(=O)c2cc(C3(N)CCc4ccccc43)c(Cl)cc21. The van der Waals surface area contributed by atoms with Crippen LogP contribution in [0.2, 0.25) is 5.02 Å². The van der Waals surface area contributed by atoms with E-state index in [1.165, 1.54) is 11.8 Å². The molecule has 1 aliphatic carbocycles. The molecule has 0 aliphatic heterocycles. The number of benzene rings is 2. The number of nitrogens with zero attached hydrogens (tertiary/aromatic N) is 1. The predicted octanol–water partition coefficient (Wildman–Crippen LogP) is 3.52. The van der Waals surface area contributed by atoms with Gasteiger partial charge in [0.1, 0.15) is 5.56 Å². The minimum absolute atomic E-state index is 0.254. The summed E-state index contributed by atoms with van der Waals surface area (Å²) in [6.07, 6.45) is 2.87. The Labute approximate surface area is 161 Å². The number of hydrogen-bond donors (Lipinski definition) is 2. The Bertz CT molecular complexity index is 1150. The number of aryl methyl sites for hydroxylation is 2. The van der Waals surface area contributed by atoms with E-state index in [0.717, 1.165) is 12.0 Å². The van der Waals surface area contributed by atoms with Crippen molar-refractivity contribution < 1.29 is 9.90 Å². The fraction of sp³-hybridized carbons (Fsp3) is 0.238. The van der Waals surface area contributed by atoms with Crippen molar-refractivity contribution in [1.29, 1.82) is 0 Å². The zero-order valence-corrected chi connectivity index (χ0v) is 15.6. The molecule has 0 radical (unpaired) electrons. The fourth-order valence-corrected chi connectivity index (χ4v) is 4.41. The summed E-state index contributed by atoms with van der Waals surface area (Å²) in [7, 11) is 0. The first kappa shape index (κ1) is 17.8. The summed E-state index contributed by atoms with van der Waals surface area (Å²) >= 11 is 6.61. The number of pyridine rings is 1. The lowest BCUT2D eigenvalue weighted by Gasteiger charge is -2.28. The minimum atomic E-state index is -1.24. The van der Waals surface area contributed by atoms with Crippen molar-refractivity contribution >= 4 is 28.5 Å². The molecule has 3 aromatic rings. The molecule has 138 valence electrons. The van der Waals surface area contributed by atoms with Gasteiger partial charge in [-0.1, -0.05) is 35.9 Å². The molecule has 6 heteroatoms. The Morgan fingerprint density at radius 3 is 2.74 bits per heavy atom. The average molecular weight is 383 g/mol. The number of carbonyl (C=O) groups is 1. The third-order valence-electron chi connectivity index (χ3n) is 5.51. The molecule has 1 aliphatic rings. The van der Waals surface area contributed by atoms with Crippen molar-refractivity contribution in [2.24, 2.45) is 5.73 Å². The summed E-state index contributed by atoms with van der Waals surface area (Å²) in [6, 6.07) is 11.4. The third kappa shape index (κ3) is 2.58. The first-order chi connectivity index (χ1) is 12.9. The Kier molecular flexibility index (Phi) is 4.09. The van der Waals surface area contributed by atoms with E-state index in [4.69, 9.17) is 17.3 Å². The average Bonchev–Trinajstić information content (AvgIpc) is 3.00. The van der Waals surface area contributed by atoms with Crippen LogP contribution in [-0.2, 0) is 18.5 Å². The highest BCUT2D eigenvalue weighted by Crippen LogP contribution is 2.43. The van der Waals surface area contributed by atoms with Crippen LogP contribution in [-0.4, -0.2) is 15.6 Å². The molecule has 0 amide bonds. The molecule has 0 fully saturated rings. The van der Waals surface area contributed by atoms with E-state index in [-0.39, 0.29) is 5.56 Å². The van der Waals surface area contributed by atoms with Crippen LogP contribution in [0.3, 0.4) is 0 Å². The van der Waals surface area contributed by atoms with Gasteiger partial charge in [0.25, 0.3) is 0 Å². The Morgan fingerprint density at radius 2 is 2.04 bits per heavy atom. The highest BCUT2D eigenvalue weighted by molar-refractivity contribution is 6.32. The van der Waals surface area contributed by atoms with Gasteiger partial charge in [-0.2, -0.15) is 0 Å². The van der Waals surface area contributed by atoms with Crippen molar-refractivity contribution in [3.05, 3.63) is 80.1 Å². The van der Waals surface area contributed by atoms with Crippen molar-refractivity contribution in [1.82, 2.24) is 4.57 Å². The Hall–Kier alpha value is -2.63. The van der Waals surface area contributed by atoms with Crippen molar-refractivity contribution in [2.75, 3.05) is 0 Å². The molecule has 4 rings (SSSR count). The van der Waals surface area contributed by atoms with Gasteiger partial charge in [-0.25, -0.2) is 4.79 Å². The van der Waals surface area contributed by atoms with E-state index >= 15 is 0 Å². The monoisotopic (exact) mass is 382 g/mol. The molecule has 5 nitrogen and oxygen atoms in total. The number of nitrogens with two attached hydrogens (primary N) is 1. The summed E-state index contributed by atoms with van der Waals surface area (Å²) in [4.78, 5) is 24.3. The first-order valence-electron chi connectivity index (χ1n) is 8.84. The largest absolute Gasteiger partial charge is 0.477 e. The molecule has 27 heavy (non-hydrogen) atoms. The lowest BCUT2D eigenvalue weighted by Crippen LogP contribution is -2.36. The van der Waals surface area contributed by atoms with Crippen LogP contribution >= 0.6 is 11.6 Å². The maximum absolute atomic E-state index is 12.8. The summed E-state index contributed by atoms with van der Waals surface area (Å²) in [6.45, 7) is 2.40. The quantitative estimate of drug-likeness (QED) is 0.725. The van der Waals surface area contributed by atoms with Gasteiger partial charge in [-0.05, 0) is 48.6 Å². The van der Waals surface area contributed by atoms with Gasteiger partial charge in [-0.15, -0.1) is 0 Å². The molecule has 0 saturated heterocycles. The molecule has 1 aromatic heterocycles. The molecule has 3 N–H and O–H groups in total. The van der Waals surface area contributed by atoms with Crippen LogP contribution in [0.5, 0.6) is 0 Å². The summed E-state index contributed by atoms with van der Waals surface area (Å²) in [5, 5.41) is 10.2. The molecular formula is C21H19ClN2O3. The molecule has 1 unspecified atom stereocenters. The van der Waals surface area contributed by atoms with Crippen LogP contribution in [0.4, 0.5) is 0 Å². The van der Waals surface area contributed by atoms with Crippen LogP contribution in [0.25, 0.3) is 10.9 Å². The molecule has 1 atom stereocenters. The predicted molar refractivity (Wildman–Crippen MR) is 106 cm³/mol. The molecule has 0 spiro atoms. The molecule has 0 saturated carbocycles. The zero-order chi connectivity index (χ0) is 19.3. The smallest absolute Gasteiger partial charge is 0.341 e. The van der Waals surface area contributed by atoms with Gasteiger partial charge in [0, 0.05) is 23.2 Å². The first-order valence-corrected chi connectivity index (χ1v) is 9.22. The number of rotatable bonds is 3. The highest BCUT2D eigenvalue weighted by atomic mass is 35.5. The topological polar surface area (TPSA) is 85.3 Å². The van der Waals surface area contributed by atoms with Gasteiger partial charge >= 0.3 is 5.97 Å². The van der Waals surface area contributed by atoms with Gasteiger partial charge in [-0.3, -0.25) is 4.79 Å². The lowest BCUT2D eigenvalue weighted by molar-refractivity contribution is 0.0695. The second-order valence-electron chi connectivity index (χ2n) is 6.94. The number of carboxylic acid groups (broad SMARTS) is 1. The molecule has 0 bridgehead atoms. The number of fused-ring (bicyclic) bond motifs is 2. The van der Waals surface area contributed by atoms with Gasteiger partial charge in [0.15, 0.2) is 0 Å². The number of carboxylic acids is 1. The summed E-state index contributed by atoms with van der Waals surface area (Å²) in [5.41, 5.74) is 8.65. The second kappa shape index (κ2) is 6.22. The Morgan fingerprint density at radius 1 is 1.30 bits per heavy atom. The van der Waals surface area contributed by atoms with E-state index in [0.29, 0.717) is 34.5 Å². The van der Waals surface area contributed by atoms with Crippen molar-refractivity contribution in [3.63, 3.8) is 0 Å². The maximum atomic E-state index is 12.8. The lowest BCUT2D eigenvalue weighted by atomic mass is 9.84. The van der Waals surface area contributed by atoms with Crippen molar-refractivity contribution in [2.45, 2.75) is 31.8 Å². The van der Waals surface area contributed by atoms with E-state index in [1.54, 1.807) is 16.7 Å². The van der Waals surface area contributed by atoms with Crippen LogP contribution in [0.15, 0.2) is 47.4 Å². The number of halogens is 1. The van der Waals surface area contributed by atoms with E-state index in [1.807, 2.05) is 31.2 Å². The highest BCUT2D eigenvalue weighted by Gasteiger charge is 2.38. The maximum Gasteiger partial charge on any atom is 0.341 e. The van der Waals surface area contributed by atoms with E-state index in [9.17, 15) is 14.7 Å².